The Kier molecular flexibility index (Phi) is 6.93. The van der Waals surface area contributed by atoms with Crippen molar-refractivity contribution in [3.8, 4) is 17.6 Å². The third-order valence-electron chi connectivity index (χ3n) is 4.58. The molecule has 0 aliphatic rings. The molecule has 0 aliphatic heterocycles. The van der Waals surface area contributed by atoms with Crippen molar-refractivity contribution in [3.05, 3.63) is 81.6 Å². The molecule has 172 valence electrons. The second-order valence-electron chi connectivity index (χ2n) is 6.91. The minimum atomic E-state index is -4.15. The molecule has 0 N–H and O–H groups in total. The van der Waals surface area contributed by atoms with E-state index in [9.17, 15) is 13.7 Å². The molecule has 0 radical (unpaired) electrons. The van der Waals surface area contributed by atoms with E-state index < -0.39 is 10.1 Å². The van der Waals surface area contributed by atoms with Gasteiger partial charge in [-0.2, -0.15) is 13.7 Å². The molecule has 10 heteroatoms. The van der Waals surface area contributed by atoms with Crippen LogP contribution in [0.15, 0.2) is 74.4 Å². The molecule has 0 aliphatic carbocycles. The summed E-state index contributed by atoms with van der Waals surface area (Å²) in [5.41, 5.74) is 1.93. The Morgan fingerprint density at radius 3 is 2.62 bits per heavy atom. The number of halogens is 2. The van der Waals surface area contributed by atoms with Gasteiger partial charge < -0.3 is 13.3 Å². The first kappa shape index (κ1) is 23.8. The summed E-state index contributed by atoms with van der Waals surface area (Å²) in [6, 6.07) is 18.1. The molecule has 0 amide bonds. The van der Waals surface area contributed by atoms with E-state index in [0.29, 0.717) is 26.2 Å². The summed E-state index contributed by atoms with van der Waals surface area (Å²) >= 11 is 9.21. The van der Waals surface area contributed by atoms with Gasteiger partial charge in [0, 0.05) is 5.02 Å². The molecule has 3 aromatic carbocycles. The third kappa shape index (κ3) is 5.09. The second kappa shape index (κ2) is 9.89. The van der Waals surface area contributed by atoms with Crippen LogP contribution in [0.3, 0.4) is 0 Å². The van der Waals surface area contributed by atoms with Crippen LogP contribution in [0, 0.1) is 11.3 Å². The Labute approximate surface area is 209 Å². The van der Waals surface area contributed by atoms with Crippen molar-refractivity contribution >= 4 is 60.4 Å². The average molecular weight is 560 g/mol. The Morgan fingerprint density at radius 1 is 1.21 bits per heavy atom. The van der Waals surface area contributed by atoms with Crippen LogP contribution in [0.1, 0.15) is 18.4 Å². The molecule has 0 spiro atoms. The van der Waals surface area contributed by atoms with Gasteiger partial charge in [0.2, 0.25) is 5.89 Å². The minimum absolute atomic E-state index is 0.0191. The van der Waals surface area contributed by atoms with E-state index in [2.05, 4.69) is 27.0 Å². The number of rotatable bonds is 7. The number of para-hydroxylation sites is 2. The number of ether oxygens (including phenoxy) is 1. The van der Waals surface area contributed by atoms with Gasteiger partial charge in [0.25, 0.3) is 0 Å². The molecule has 7 nitrogen and oxygen atoms in total. The first-order valence-electron chi connectivity index (χ1n) is 9.95. The van der Waals surface area contributed by atoms with Gasteiger partial charge in [-0.15, -0.1) is 0 Å². The van der Waals surface area contributed by atoms with Crippen LogP contribution in [0.5, 0.6) is 11.5 Å². The predicted molar refractivity (Wildman–Crippen MR) is 132 cm³/mol. The Hall–Kier alpha value is -3.32. The number of nitriles is 1. The van der Waals surface area contributed by atoms with Gasteiger partial charge >= 0.3 is 10.1 Å². The molecule has 4 aromatic rings. The van der Waals surface area contributed by atoms with Crippen LogP contribution in [-0.2, 0) is 10.1 Å². The molecule has 4 rings (SSSR count). The summed E-state index contributed by atoms with van der Waals surface area (Å²) in [4.78, 5) is 4.30. The SMILES string of the molecule is CCOc1cc(/C=C(\C#N)c2nc3ccccc3o2)cc(Br)c1OS(=O)(=O)c1ccc(Cl)cc1. The highest BCUT2D eigenvalue weighted by Gasteiger charge is 2.22. The normalized spacial score (nSPS) is 11.9. The zero-order chi connectivity index (χ0) is 24.3. The van der Waals surface area contributed by atoms with Crippen molar-refractivity contribution in [2.75, 3.05) is 6.61 Å². The molecule has 0 bridgehead atoms. The molecule has 0 saturated heterocycles. The largest absolute Gasteiger partial charge is 0.490 e. The number of hydrogen-bond acceptors (Lipinski definition) is 7. The van der Waals surface area contributed by atoms with Crippen LogP contribution in [0.25, 0.3) is 22.7 Å². The molecule has 0 saturated carbocycles. The smallest absolute Gasteiger partial charge is 0.339 e. The van der Waals surface area contributed by atoms with Gasteiger partial charge in [-0.25, -0.2) is 4.98 Å². The monoisotopic (exact) mass is 558 g/mol. The van der Waals surface area contributed by atoms with Crippen molar-refractivity contribution < 1.29 is 21.8 Å². The van der Waals surface area contributed by atoms with E-state index in [-0.39, 0.29) is 34.5 Å². The Bertz CT molecular complexity index is 1510. The number of oxazole rings is 1. The molecule has 0 atom stereocenters. The summed E-state index contributed by atoms with van der Waals surface area (Å²) < 4.78 is 42.6. The van der Waals surface area contributed by atoms with E-state index in [0.717, 1.165) is 0 Å². The highest BCUT2D eigenvalue weighted by Crippen LogP contribution is 2.39. The van der Waals surface area contributed by atoms with Crippen LogP contribution in [0.2, 0.25) is 5.02 Å². The maximum absolute atomic E-state index is 12.8. The van der Waals surface area contributed by atoms with Gasteiger partial charge in [0.05, 0.1) is 11.1 Å². The van der Waals surface area contributed by atoms with E-state index in [1.807, 2.05) is 12.1 Å². The quantitative estimate of drug-likeness (QED) is 0.189. The van der Waals surface area contributed by atoms with Gasteiger partial charge in [-0.3, -0.25) is 0 Å². The number of hydrogen-bond donors (Lipinski definition) is 0. The zero-order valence-electron chi connectivity index (χ0n) is 17.7. The fraction of sp³-hybridized carbons (Fsp3) is 0.0833. The fourth-order valence-electron chi connectivity index (χ4n) is 3.07. The lowest BCUT2D eigenvalue weighted by atomic mass is 10.1. The second-order valence-corrected chi connectivity index (χ2v) is 9.75. The van der Waals surface area contributed by atoms with Crippen molar-refractivity contribution in [1.82, 2.24) is 4.98 Å². The van der Waals surface area contributed by atoms with Crippen LogP contribution < -0.4 is 8.92 Å². The molecule has 0 unspecified atom stereocenters. The number of aromatic nitrogens is 1. The maximum Gasteiger partial charge on any atom is 0.339 e. The highest BCUT2D eigenvalue weighted by atomic mass is 79.9. The highest BCUT2D eigenvalue weighted by molar-refractivity contribution is 9.10. The van der Waals surface area contributed by atoms with Crippen LogP contribution >= 0.6 is 27.5 Å². The van der Waals surface area contributed by atoms with Gasteiger partial charge in [0.1, 0.15) is 22.1 Å². The van der Waals surface area contributed by atoms with Crippen LogP contribution in [-0.4, -0.2) is 20.0 Å². The molecule has 34 heavy (non-hydrogen) atoms. The average Bonchev–Trinajstić information content (AvgIpc) is 3.24. The first-order chi connectivity index (χ1) is 16.3. The lowest BCUT2D eigenvalue weighted by Gasteiger charge is -2.14. The molecular formula is C24H16BrClN2O5S. The van der Waals surface area contributed by atoms with Gasteiger partial charge in [-0.1, -0.05) is 23.7 Å². The molecule has 1 aromatic heterocycles. The summed E-state index contributed by atoms with van der Waals surface area (Å²) in [6.45, 7) is 2.01. The summed E-state index contributed by atoms with van der Waals surface area (Å²) in [5, 5.41) is 10.1. The van der Waals surface area contributed by atoms with E-state index in [1.54, 1.807) is 37.3 Å². The molecule has 1 heterocycles. The molecule has 0 fully saturated rings. The number of benzene rings is 3. The topological polar surface area (TPSA) is 102 Å². The van der Waals surface area contributed by atoms with E-state index in [4.69, 9.17) is 24.9 Å². The van der Waals surface area contributed by atoms with Crippen LogP contribution in [0.4, 0.5) is 0 Å². The van der Waals surface area contributed by atoms with Crippen molar-refractivity contribution in [2.24, 2.45) is 0 Å². The summed E-state index contributed by atoms with van der Waals surface area (Å²) in [5.74, 6) is 0.327. The van der Waals surface area contributed by atoms with Gasteiger partial charge in [-0.05, 0) is 83.0 Å². The Balaban J connectivity index is 1.73. The molecular weight excluding hydrogens is 544 g/mol. The first-order valence-corrected chi connectivity index (χ1v) is 12.5. The van der Waals surface area contributed by atoms with Crippen molar-refractivity contribution in [3.63, 3.8) is 0 Å². The lowest BCUT2D eigenvalue weighted by molar-refractivity contribution is 0.327. The number of fused-ring (bicyclic) bond motifs is 1. The maximum atomic E-state index is 12.8. The number of nitrogens with zero attached hydrogens (tertiary/aromatic N) is 2. The zero-order valence-corrected chi connectivity index (χ0v) is 20.8. The standard InChI is InChI=1S/C24H16BrClN2O5S/c1-2-31-22-13-15(11-16(14-27)24-28-20-5-3-4-6-21(20)32-24)12-19(25)23(22)33-34(29,30)18-9-7-17(26)8-10-18/h3-13H,2H2,1H3/b16-11+. The van der Waals surface area contributed by atoms with Crippen molar-refractivity contribution in [2.45, 2.75) is 11.8 Å². The minimum Gasteiger partial charge on any atom is -0.490 e. The lowest BCUT2D eigenvalue weighted by Crippen LogP contribution is -2.11. The Morgan fingerprint density at radius 2 is 1.94 bits per heavy atom. The summed E-state index contributed by atoms with van der Waals surface area (Å²) in [6.07, 6.45) is 1.56. The third-order valence-corrected chi connectivity index (χ3v) is 6.66. The summed E-state index contributed by atoms with van der Waals surface area (Å²) in [7, 11) is -4.15. The number of allylic oxidation sites excluding steroid dienone is 1. The van der Waals surface area contributed by atoms with Gasteiger partial charge in [0.15, 0.2) is 17.1 Å². The van der Waals surface area contributed by atoms with Crippen molar-refractivity contribution in [1.29, 1.82) is 5.26 Å². The van der Waals surface area contributed by atoms with E-state index in [1.165, 1.54) is 24.3 Å². The van der Waals surface area contributed by atoms with E-state index >= 15 is 0 Å². The fourth-order valence-corrected chi connectivity index (χ4v) is 4.80. The predicted octanol–water partition coefficient (Wildman–Crippen LogP) is 6.47.